The molecule has 27 heavy (non-hydrogen) atoms. The Morgan fingerprint density at radius 2 is 1.96 bits per heavy atom. The number of hydrazine groups is 1. The SMILES string of the molecule is NNc1ccc(-c2c(-c3ccc(F)cc3C(F)(F)F)nc3occn23)cn1. The van der Waals surface area contributed by atoms with Gasteiger partial charge in [0.05, 0.1) is 11.3 Å². The highest BCUT2D eigenvalue weighted by molar-refractivity contribution is 5.82. The third-order valence-electron chi connectivity index (χ3n) is 3.99. The quantitative estimate of drug-likeness (QED) is 0.319. The standard InChI is InChI=1S/C17H11F4N5O/c18-10-2-3-11(12(7-10)17(19,20)21)14-15(26-5-6-27-16(26)24-14)9-1-4-13(25-22)23-8-9/h1-8H,22H2,(H,23,25). The van der Waals surface area contributed by atoms with Gasteiger partial charge in [0.15, 0.2) is 0 Å². The lowest BCUT2D eigenvalue weighted by Gasteiger charge is -2.13. The van der Waals surface area contributed by atoms with Gasteiger partial charge in [0.25, 0.3) is 0 Å². The molecule has 0 fully saturated rings. The number of hydrogen-bond donors (Lipinski definition) is 2. The third kappa shape index (κ3) is 2.89. The number of nitrogens with two attached hydrogens (primary N) is 1. The fourth-order valence-electron chi connectivity index (χ4n) is 2.83. The second kappa shape index (κ2) is 6.09. The van der Waals surface area contributed by atoms with Gasteiger partial charge in [0.2, 0.25) is 0 Å². The molecule has 0 unspecified atom stereocenters. The van der Waals surface area contributed by atoms with E-state index in [2.05, 4.69) is 15.4 Å². The lowest BCUT2D eigenvalue weighted by Crippen LogP contribution is -2.09. The Morgan fingerprint density at radius 1 is 1.15 bits per heavy atom. The number of imidazole rings is 1. The summed E-state index contributed by atoms with van der Waals surface area (Å²) in [6, 6.07) is 5.63. The van der Waals surface area contributed by atoms with Crippen LogP contribution in [0, 0.1) is 5.82 Å². The fraction of sp³-hybridized carbons (Fsp3) is 0.0588. The highest BCUT2D eigenvalue weighted by Gasteiger charge is 2.36. The molecular weight excluding hydrogens is 366 g/mol. The maximum absolute atomic E-state index is 13.5. The van der Waals surface area contributed by atoms with Gasteiger partial charge in [0.1, 0.15) is 23.6 Å². The second-order valence-electron chi connectivity index (χ2n) is 5.63. The Balaban J connectivity index is 2.00. The number of aromatic nitrogens is 3. The molecule has 0 radical (unpaired) electrons. The monoisotopic (exact) mass is 377 g/mol. The Labute approximate surface area is 149 Å². The number of halogens is 4. The summed E-state index contributed by atoms with van der Waals surface area (Å²) in [7, 11) is 0. The smallest absolute Gasteiger partial charge is 0.417 e. The minimum Gasteiger partial charge on any atom is -0.432 e. The molecule has 0 aliphatic carbocycles. The van der Waals surface area contributed by atoms with Gasteiger partial charge < -0.3 is 9.84 Å². The van der Waals surface area contributed by atoms with Gasteiger partial charge in [-0.1, -0.05) is 0 Å². The van der Waals surface area contributed by atoms with E-state index >= 15 is 0 Å². The average Bonchev–Trinajstić information content (AvgIpc) is 3.22. The van der Waals surface area contributed by atoms with Crippen molar-refractivity contribution in [2.45, 2.75) is 6.18 Å². The lowest BCUT2D eigenvalue weighted by atomic mass is 10.00. The normalized spacial score (nSPS) is 11.9. The highest BCUT2D eigenvalue weighted by atomic mass is 19.4. The van der Waals surface area contributed by atoms with E-state index in [9.17, 15) is 17.6 Å². The number of nitrogens with zero attached hydrogens (tertiary/aromatic N) is 3. The molecule has 4 aromatic rings. The predicted molar refractivity (Wildman–Crippen MR) is 88.9 cm³/mol. The molecule has 0 aliphatic rings. The van der Waals surface area contributed by atoms with Gasteiger partial charge in [-0.15, -0.1) is 0 Å². The van der Waals surface area contributed by atoms with Gasteiger partial charge in [-0.2, -0.15) is 18.2 Å². The number of rotatable bonds is 3. The van der Waals surface area contributed by atoms with Crippen LogP contribution in [-0.2, 0) is 6.18 Å². The summed E-state index contributed by atoms with van der Waals surface area (Å²) in [6.45, 7) is 0. The van der Waals surface area contributed by atoms with Crippen LogP contribution in [0.1, 0.15) is 5.56 Å². The Hall–Kier alpha value is -3.40. The van der Waals surface area contributed by atoms with Crippen LogP contribution in [0.15, 0.2) is 53.4 Å². The van der Waals surface area contributed by atoms with E-state index in [-0.39, 0.29) is 17.1 Å². The molecule has 0 saturated heterocycles. The van der Waals surface area contributed by atoms with Gasteiger partial charge in [-0.05, 0) is 30.3 Å². The first-order valence-corrected chi connectivity index (χ1v) is 7.64. The van der Waals surface area contributed by atoms with Crippen molar-refractivity contribution in [1.82, 2.24) is 14.4 Å². The average molecular weight is 377 g/mol. The van der Waals surface area contributed by atoms with E-state index in [0.717, 1.165) is 12.1 Å². The molecule has 3 aromatic heterocycles. The topological polar surface area (TPSA) is 81.4 Å². The van der Waals surface area contributed by atoms with Crippen LogP contribution in [0.3, 0.4) is 0 Å². The van der Waals surface area contributed by atoms with E-state index in [0.29, 0.717) is 23.1 Å². The predicted octanol–water partition coefficient (Wildman–Crippen LogP) is 4.10. The number of nitrogens with one attached hydrogen (secondary N) is 1. The number of benzene rings is 1. The Kier molecular flexibility index (Phi) is 3.84. The number of anilines is 1. The third-order valence-corrected chi connectivity index (χ3v) is 3.99. The zero-order valence-corrected chi connectivity index (χ0v) is 13.5. The van der Waals surface area contributed by atoms with E-state index in [1.807, 2.05) is 0 Å². The van der Waals surface area contributed by atoms with Crippen molar-refractivity contribution in [2.75, 3.05) is 5.43 Å². The van der Waals surface area contributed by atoms with Crippen molar-refractivity contribution in [3.63, 3.8) is 0 Å². The number of hydrogen-bond acceptors (Lipinski definition) is 5. The van der Waals surface area contributed by atoms with Crippen molar-refractivity contribution in [2.24, 2.45) is 5.84 Å². The number of fused-ring (bicyclic) bond motifs is 1. The Bertz CT molecular complexity index is 1110. The molecule has 0 saturated carbocycles. The van der Waals surface area contributed by atoms with Crippen LogP contribution in [0.2, 0.25) is 0 Å². The molecular formula is C17H11F4N5O. The van der Waals surface area contributed by atoms with Crippen LogP contribution >= 0.6 is 0 Å². The molecule has 0 spiro atoms. The van der Waals surface area contributed by atoms with E-state index in [4.69, 9.17) is 10.3 Å². The minimum absolute atomic E-state index is 0.00284. The summed E-state index contributed by atoms with van der Waals surface area (Å²) in [6.07, 6.45) is -0.446. The first-order valence-electron chi connectivity index (χ1n) is 7.64. The molecule has 0 bridgehead atoms. The first-order chi connectivity index (χ1) is 12.9. The summed E-state index contributed by atoms with van der Waals surface area (Å²) < 4.78 is 60.6. The molecule has 4 rings (SSSR count). The number of oxazole rings is 1. The van der Waals surface area contributed by atoms with Crippen LogP contribution in [0.4, 0.5) is 23.4 Å². The van der Waals surface area contributed by atoms with Crippen LogP contribution in [-0.4, -0.2) is 14.4 Å². The fourth-order valence-corrected chi connectivity index (χ4v) is 2.83. The second-order valence-corrected chi connectivity index (χ2v) is 5.63. The number of pyridine rings is 1. The largest absolute Gasteiger partial charge is 0.432 e. The van der Waals surface area contributed by atoms with Crippen LogP contribution < -0.4 is 11.3 Å². The summed E-state index contributed by atoms with van der Waals surface area (Å²) in [5.41, 5.74) is 1.78. The van der Waals surface area contributed by atoms with Gasteiger partial charge in [-0.3, -0.25) is 4.40 Å². The van der Waals surface area contributed by atoms with E-state index < -0.39 is 17.6 Å². The number of alkyl halides is 3. The van der Waals surface area contributed by atoms with Crippen molar-refractivity contribution >= 4 is 11.7 Å². The van der Waals surface area contributed by atoms with Crippen molar-refractivity contribution < 1.29 is 22.0 Å². The molecule has 0 atom stereocenters. The zero-order chi connectivity index (χ0) is 19.2. The highest BCUT2D eigenvalue weighted by Crippen LogP contribution is 2.41. The van der Waals surface area contributed by atoms with Crippen molar-refractivity contribution in [1.29, 1.82) is 0 Å². The molecule has 1 aromatic carbocycles. The first kappa shape index (κ1) is 17.0. The summed E-state index contributed by atoms with van der Waals surface area (Å²) in [5, 5.41) is 0. The molecule has 0 aliphatic heterocycles. The Morgan fingerprint density at radius 3 is 2.63 bits per heavy atom. The maximum Gasteiger partial charge on any atom is 0.417 e. The molecule has 3 heterocycles. The van der Waals surface area contributed by atoms with Gasteiger partial charge in [0, 0.05) is 23.5 Å². The van der Waals surface area contributed by atoms with Crippen LogP contribution in [0.25, 0.3) is 28.4 Å². The van der Waals surface area contributed by atoms with Gasteiger partial charge >= 0.3 is 12.0 Å². The molecule has 3 N–H and O–H groups in total. The summed E-state index contributed by atoms with van der Waals surface area (Å²) >= 11 is 0. The molecule has 0 amide bonds. The maximum atomic E-state index is 13.5. The summed E-state index contributed by atoms with van der Waals surface area (Å²) in [4.78, 5) is 8.25. The zero-order valence-electron chi connectivity index (χ0n) is 13.5. The van der Waals surface area contributed by atoms with Crippen LogP contribution in [0.5, 0.6) is 0 Å². The molecule has 6 nitrogen and oxygen atoms in total. The minimum atomic E-state index is -4.76. The lowest BCUT2D eigenvalue weighted by molar-refractivity contribution is -0.137. The molecule has 10 heteroatoms. The van der Waals surface area contributed by atoms with Crippen molar-refractivity contribution in [3.05, 3.63) is 60.4 Å². The molecule has 138 valence electrons. The van der Waals surface area contributed by atoms with Crippen molar-refractivity contribution in [3.8, 4) is 22.5 Å². The van der Waals surface area contributed by atoms with E-state index in [1.54, 1.807) is 12.1 Å². The number of nitrogen functional groups attached to an aromatic ring is 1. The van der Waals surface area contributed by atoms with E-state index in [1.165, 1.54) is 23.1 Å². The van der Waals surface area contributed by atoms with Gasteiger partial charge in [-0.25, -0.2) is 15.2 Å². The summed E-state index contributed by atoms with van der Waals surface area (Å²) in [5.74, 6) is 4.78.